The number of anilines is 1. The van der Waals surface area contributed by atoms with E-state index >= 15 is 0 Å². The number of hydrogen-bond acceptors (Lipinski definition) is 5. The highest BCUT2D eigenvalue weighted by molar-refractivity contribution is 5.95. The third-order valence-corrected chi connectivity index (χ3v) is 8.64. The van der Waals surface area contributed by atoms with Gasteiger partial charge in [-0.2, -0.15) is 0 Å². The molecule has 0 unspecified atom stereocenters. The largest absolute Gasteiger partial charge is 0.496 e. The van der Waals surface area contributed by atoms with Crippen molar-refractivity contribution in [2.45, 2.75) is 52.4 Å². The van der Waals surface area contributed by atoms with E-state index in [4.69, 9.17) is 9.47 Å². The van der Waals surface area contributed by atoms with Crippen molar-refractivity contribution in [3.63, 3.8) is 0 Å². The number of piperazine rings is 1. The fraction of sp³-hybridized carbons (Fsp3) is 0.447. The average molecular weight is 598 g/mol. The Morgan fingerprint density at radius 2 is 1.48 bits per heavy atom. The van der Waals surface area contributed by atoms with E-state index in [1.54, 1.807) is 14.2 Å². The van der Waals surface area contributed by atoms with Gasteiger partial charge in [-0.15, -0.1) is 0 Å². The second-order valence-electron chi connectivity index (χ2n) is 11.6. The summed E-state index contributed by atoms with van der Waals surface area (Å²) in [6.07, 6.45) is 6.58. The van der Waals surface area contributed by atoms with Crippen LogP contribution in [0.15, 0.2) is 78.4 Å². The van der Waals surface area contributed by atoms with E-state index in [2.05, 4.69) is 65.3 Å². The molecule has 1 aliphatic heterocycles. The van der Waals surface area contributed by atoms with E-state index in [-0.39, 0.29) is 5.91 Å². The number of methoxy groups -OCH3 is 2. The SMILES string of the molecule is CC.COc1cc(C(=O)N(CCCN2CCN(c3ccccc3)CC2)C/C(C)=C/c2ccccc2)cc(OC)c1C1CCC1. The summed E-state index contributed by atoms with van der Waals surface area (Å²) in [7, 11) is 3.38. The van der Waals surface area contributed by atoms with Crippen LogP contribution in [0, 0.1) is 0 Å². The number of carbonyl (C=O) groups is 1. The lowest BCUT2D eigenvalue weighted by Gasteiger charge is -2.36. The molecule has 0 spiro atoms. The van der Waals surface area contributed by atoms with Crippen molar-refractivity contribution >= 4 is 17.7 Å². The normalized spacial score (nSPS) is 15.6. The minimum absolute atomic E-state index is 0.0152. The van der Waals surface area contributed by atoms with Gasteiger partial charge >= 0.3 is 0 Å². The van der Waals surface area contributed by atoms with Gasteiger partial charge in [0.2, 0.25) is 0 Å². The Morgan fingerprint density at radius 1 is 0.886 bits per heavy atom. The molecule has 2 fully saturated rings. The summed E-state index contributed by atoms with van der Waals surface area (Å²) in [5.41, 5.74) is 5.31. The predicted octanol–water partition coefficient (Wildman–Crippen LogP) is 7.76. The molecule has 0 aromatic heterocycles. The molecule has 3 aromatic carbocycles. The number of hydrogen-bond donors (Lipinski definition) is 0. The second kappa shape index (κ2) is 16.9. The molecule has 6 nitrogen and oxygen atoms in total. The van der Waals surface area contributed by atoms with Crippen molar-refractivity contribution in [3.05, 3.63) is 95.1 Å². The third-order valence-electron chi connectivity index (χ3n) is 8.64. The first-order valence-corrected chi connectivity index (χ1v) is 16.4. The Morgan fingerprint density at radius 3 is 2.02 bits per heavy atom. The second-order valence-corrected chi connectivity index (χ2v) is 11.6. The lowest BCUT2D eigenvalue weighted by Crippen LogP contribution is -2.47. The molecule has 1 aliphatic carbocycles. The summed E-state index contributed by atoms with van der Waals surface area (Å²) >= 11 is 0. The van der Waals surface area contributed by atoms with Crippen LogP contribution in [0.2, 0.25) is 0 Å². The quantitative estimate of drug-likeness (QED) is 0.214. The van der Waals surface area contributed by atoms with Crippen molar-refractivity contribution in [2.24, 2.45) is 0 Å². The van der Waals surface area contributed by atoms with Crippen LogP contribution in [0.4, 0.5) is 5.69 Å². The molecule has 3 aromatic rings. The average Bonchev–Trinajstić information content (AvgIpc) is 3.05. The number of nitrogens with zero attached hydrogens (tertiary/aromatic N) is 3. The smallest absolute Gasteiger partial charge is 0.254 e. The fourth-order valence-electron chi connectivity index (χ4n) is 6.13. The monoisotopic (exact) mass is 597 g/mol. The van der Waals surface area contributed by atoms with E-state index < -0.39 is 0 Å². The van der Waals surface area contributed by atoms with Gasteiger partial charge in [0.25, 0.3) is 5.91 Å². The Balaban J connectivity index is 0.00000216. The fourth-order valence-corrected chi connectivity index (χ4v) is 6.13. The highest BCUT2D eigenvalue weighted by atomic mass is 16.5. The van der Waals surface area contributed by atoms with Crippen molar-refractivity contribution < 1.29 is 14.3 Å². The molecule has 1 amide bonds. The maximum atomic E-state index is 14.1. The van der Waals surface area contributed by atoms with E-state index in [1.165, 1.54) is 12.1 Å². The molecule has 236 valence electrons. The van der Waals surface area contributed by atoms with Gasteiger partial charge in [0.15, 0.2) is 0 Å². The van der Waals surface area contributed by atoms with Gasteiger partial charge in [-0.1, -0.05) is 80.4 Å². The molecule has 44 heavy (non-hydrogen) atoms. The van der Waals surface area contributed by atoms with Crippen molar-refractivity contribution in [1.29, 1.82) is 0 Å². The maximum absolute atomic E-state index is 14.1. The van der Waals surface area contributed by atoms with Gasteiger partial charge in [-0.05, 0) is 68.5 Å². The molecule has 0 atom stereocenters. The van der Waals surface area contributed by atoms with E-state index in [9.17, 15) is 4.79 Å². The molecule has 6 heteroatoms. The third kappa shape index (κ3) is 8.66. The molecule has 0 bridgehead atoms. The predicted molar refractivity (Wildman–Crippen MR) is 183 cm³/mol. The summed E-state index contributed by atoms with van der Waals surface area (Å²) in [5.74, 6) is 1.97. The zero-order valence-corrected chi connectivity index (χ0v) is 27.4. The molecule has 1 saturated heterocycles. The van der Waals surface area contributed by atoms with Crippen LogP contribution in [0.25, 0.3) is 6.08 Å². The van der Waals surface area contributed by atoms with Gasteiger partial charge in [0, 0.05) is 56.1 Å². The van der Waals surface area contributed by atoms with Crippen LogP contribution in [0.1, 0.15) is 73.9 Å². The summed E-state index contributed by atoms with van der Waals surface area (Å²) in [4.78, 5) is 21.1. The minimum atomic E-state index is 0.0152. The lowest BCUT2D eigenvalue weighted by molar-refractivity contribution is 0.0761. The highest BCUT2D eigenvalue weighted by Crippen LogP contribution is 2.46. The zero-order chi connectivity index (χ0) is 31.3. The Hall–Kier alpha value is -3.77. The zero-order valence-electron chi connectivity index (χ0n) is 27.4. The van der Waals surface area contributed by atoms with Gasteiger partial charge in [-0.3, -0.25) is 9.69 Å². The molecule has 2 aliphatic rings. The van der Waals surface area contributed by atoms with Gasteiger partial charge < -0.3 is 19.3 Å². The number of benzene rings is 3. The Labute approximate surface area is 265 Å². The van der Waals surface area contributed by atoms with Crippen LogP contribution >= 0.6 is 0 Å². The first-order valence-electron chi connectivity index (χ1n) is 16.4. The highest BCUT2D eigenvalue weighted by Gasteiger charge is 2.29. The van der Waals surface area contributed by atoms with Crippen molar-refractivity contribution in [1.82, 2.24) is 9.80 Å². The number of para-hydroxylation sites is 1. The topological polar surface area (TPSA) is 45.2 Å². The molecule has 1 heterocycles. The Kier molecular flexibility index (Phi) is 12.7. The van der Waals surface area contributed by atoms with Gasteiger partial charge in [0.05, 0.1) is 14.2 Å². The summed E-state index contributed by atoms with van der Waals surface area (Å²) < 4.78 is 11.6. The molecular formula is C38H51N3O3. The molecule has 1 saturated carbocycles. The van der Waals surface area contributed by atoms with E-state index in [0.29, 0.717) is 24.6 Å². The maximum Gasteiger partial charge on any atom is 0.254 e. The Bertz CT molecular complexity index is 1300. The van der Waals surface area contributed by atoms with E-state index in [1.807, 2.05) is 49.1 Å². The van der Waals surface area contributed by atoms with Crippen LogP contribution in [0.5, 0.6) is 11.5 Å². The van der Waals surface area contributed by atoms with Crippen LogP contribution < -0.4 is 14.4 Å². The summed E-state index contributed by atoms with van der Waals surface area (Å²) in [6.45, 7) is 12.5. The van der Waals surface area contributed by atoms with Gasteiger partial charge in [-0.25, -0.2) is 0 Å². The molecule has 0 N–H and O–H groups in total. The standard InChI is InChI=1S/C36H45N3O3.C2H6/c1-28(24-29-12-6-4-7-13-29)27-39(19-11-18-37-20-22-38(23-21-37)32-16-8-5-9-17-32)36(40)31-25-33(41-2)35(30-14-10-15-30)34(26-31)42-3;1-2/h4-9,12-13,16-17,24-26,30H,10-11,14-15,18-23,27H2,1-3H3;1-2H3/b28-24+;. The summed E-state index contributed by atoms with van der Waals surface area (Å²) in [5, 5.41) is 0. The number of carbonyl (C=O) groups excluding carboxylic acids is 1. The number of ether oxygens (including phenoxy) is 2. The molecular weight excluding hydrogens is 546 g/mol. The number of amides is 1. The first kappa shape index (κ1) is 33.1. The van der Waals surface area contributed by atoms with E-state index in [0.717, 1.165) is 80.2 Å². The summed E-state index contributed by atoms with van der Waals surface area (Å²) in [6, 6.07) is 24.8. The number of rotatable bonds is 12. The van der Waals surface area contributed by atoms with Gasteiger partial charge in [0.1, 0.15) is 11.5 Å². The lowest BCUT2D eigenvalue weighted by atomic mass is 9.79. The van der Waals surface area contributed by atoms with Crippen LogP contribution in [0.3, 0.4) is 0 Å². The minimum Gasteiger partial charge on any atom is -0.496 e. The molecule has 5 rings (SSSR count). The first-order chi connectivity index (χ1) is 21.6. The van der Waals surface area contributed by atoms with Crippen LogP contribution in [-0.4, -0.2) is 75.7 Å². The van der Waals surface area contributed by atoms with Crippen molar-refractivity contribution in [2.75, 3.05) is 64.9 Å². The van der Waals surface area contributed by atoms with Crippen molar-refractivity contribution in [3.8, 4) is 11.5 Å². The molecule has 0 radical (unpaired) electrons. The van der Waals surface area contributed by atoms with Crippen LogP contribution in [-0.2, 0) is 0 Å².